The molecule has 1 aromatic carbocycles. The van der Waals surface area contributed by atoms with Crippen LogP contribution in [0, 0.1) is 11.3 Å². The second-order valence-corrected chi connectivity index (χ2v) is 7.64. The average Bonchev–Trinajstić information content (AvgIpc) is 3.34. The van der Waals surface area contributed by atoms with Crippen LogP contribution in [-0.4, -0.2) is 62.5 Å². The summed E-state index contributed by atoms with van der Waals surface area (Å²) in [7, 11) is 1.50. The summed E-state index contributed by atoms with van der Waals surface area (Å²) in [6.07, 6.45) is 11.5. The quantitative estimate of drug-likeness (QED) is 0.368. The molecule has 0 amide bonds. The fourth-order valence-corrected chi connectivity index (χ4v) is 4.13. The Labute approximate surface area is 217 Å². The summed E-state index contributed by atoms with van der Waals surface area (Å²) in [6, 6.07) is 10.4. The molecule has 0 bridgehead atoms. The van der Waals surface area contributed by atoms with E-state index in [9.17, 15) is 0 Å². The predicted molar refractivity (Wildman–Crippen MR) is 155 cm³/mol. The van der Waals surface area contributed by atoms with Gasteiger partial charge < -0.3 is 21.2 Å². The van der Waals surface area contributed by atoms with Crippen molar-refractivity contribution in [3.05, 3.63) is 90.4 Å². The topological polar surface area (TPSA) is 90.0 Å². The highest BCUT2D eigenvalue weighted by atomic mass is 16.5. The van der Waals surface area contributed by atoms with Crippen molar-refractivity contribution in [1.29, 1.82) is 5.41 Å². The Morgan fingerprint density at radius 3 is 2.53 bits per heavy atom. The highest BCUT2D eigenvalue weighted by molar-refractivity contribution is 6.14. The van der Waals surface area contributed by atoms with Gasteiger partial charge in [-0.2, -0.15) is 0 Å². The second-order valence-electron chi connectivity index (χ2n) is 7.64. The largest absolute Gasteiger partial charge is 0.379 e. The number of rotatable bonds is 7. The van der Waals surface area contributed by atoms with Crippen LogP contribution in [0.1, 0.15) is 32.3 Å². The number of fused-ring (bicyclic) bond motifs is 1. The third kappa shape index (κ3) is 9.07. The summed E-state index contributed by atoms with van der Waals surface area (Å²) < 4.78 is 5.59. The fourth-order valence-electron chi connectivity index (χ4n) is 4.13. The van der Waals surface area contributed by atoms with Gasteiger partial charge in [-0.15, -0.1) is 13.2 Å². The van der Waals surface area contributed by atoms with Gasteiger partial charge in [0.25, 0.3) is 0 Å². The summed E-state index contributed by atoms with van der Waals surface area (Å²) in [5.74, 6) is 0.245. The molecule has 2 aliphatic heterocycles. The van der Waals surface area contributed by atoms with Crippen molar-refractivity contribution in [3.63, 3.8) is 0 Å². The van der Waals surface area contributed by atoms with E-state index in [-0.39, 0.29) is 5.92 Å². The van der Waals surface area contributed by atoms with Crippen LogP contribution in [0.5, 0.6) is 0 Å². The van der Waals surface area contributed by atoms with E-state index < -0.39 is 0 Å². The standard InChI is InChI=1S/C24H29N5O.C2H6.C2H4.CH5N/c1-19-15-22-17-21(7-8-23(22)27-19)24(16-20-5-3-2-4-6-20)29(18-26-10-9-25)28-11-13-30-14-12-28;3*1-2/h2-6,8-10,16-17,21,25,27H,1,7,11-15,18H2;1-2H3;1-2H2;2H2,1H3/b24-16+,25-9?,26-10-;;;. The minimum atomic E-state index is 0.245. The van der Waals surface area contributed by atoms with E-state index in [0.29, 0.717) is 19.9 Å². The number of hydrogen-bond donors (Lipinski definition) is 3. The summed E-state index contributed by atoms with van der Waals surface area (Å²) >= 11 is 0. The molecule has 4 N–H and O–H groups in total. The van der Waals surface area contributed by atoms with Gasteiger partial charge in [0, 0.05) is 54.9 Å². The molecule has 2 saturated heterocycles. The van der Waals surface area contributed by atoms with Crippen LogP contribution in [0.15, 0.2) is 89.9 Å². The van der Waals surface area contributed by atoms with Crippen LogP contribution in [0.25, 0.3) is 6.08 Å². The molecule has 2 heterocycles. The van der Waals surface area contributed by atoms with E-state index in [1.165, 1.54) is 35.8 Å². The highest BCUT2D eigenvalue weighted by Crippen LogP contribution is 2.36. The monoisotopic (exact) mass is 492 g/mol. The third-order valence-corrected chi connectivity index (χ3v) is 5.56. The number of nitrogens with one attached hydrogen (secondary N) is 2. The molecule has 1 unspecified atom stereocenters. The fraction of sp³-hybridized carbons (Fsp3) is 0.379. The van der Waals surface area contributed by atoms with Crippen molar-refractivity contribution in [3.8, 4) is 0 Å². The van der Waals surface area contributed by atoms with Crippen LogP contribution in [-0.2, 0) is 4.74 Å². The van der Waals surface area contributed by atoms with E-state index in [1.807, 2.05) is 19.9 Å². The minimum absolute atomic E-state index is 0.245. The van der Waals surface area contributed by atoms with E-state index in [4.69, 9.17) is 10.1 Å². The van der Waals surface area contributed by atoms with Crippen LogP contribution in [0.2, 0.25) is 0 Å². The molecule has 4 rings (SSSR count). The highest BCUT2D eigenvalue weighted by Gasteiger charge is 2.29. The maximum Gasteiger partial charge on any atom is 0.124 e. The first-order chi connectivity index (χ1) is 17.7. The van der Waals surface area contributed by atoms with Crippen LogP contribution in [0.4, 0.5) is 0 Å². The number of morpholine rings is 1. The first kappa shape index (κ1) is 30.8. The molecule has 0 saturated carbocycles. The predicted octanol–water partition coefficient (Wildman–Crippen LogP) is 5.00. The molecule has 36 heavy (non-hydrogen) atoms. The number of allylic oxidation sites excluding steroid dienone is 4. The van der Waals surface area contributed by atoms with Crippen LogP contribution in [0.3, 0.4) is 0 Å². The van der Waals surface area contributed by atoms with E-state index in [1.54, 1.807) is 6.21 Å². The van der Waals surface area contributed by atoms with Gasteiger partial charge in [0.15, 0.2) is 0 Å². The lowest BCUT2D eigenvalue weighted by molar-refractivity contribution is -0.0719. The molecule has 2 fully saturated rings. The normalized spacial score (nSPS) is 19.1. The SMILES string of the molecule is C=C.C=C1CC2=CC(/C(=C\c3ccccc3)N(C/N=C\C=N)N3CCOCC3)CC=C2N1.CC.CN. The van der Waals surface area contributed by atoms with Crippen molar-refractivity contribution < 1.29 is 4.74 Å². The number of nitrogens with zero attached hydrogens (tertiary/aromatic N) is 3. The Morgan fingerprint density at radius 1 is 1.22 bits per heavy atom. The van der Waals surface area contributed by atoms with E-state index in [0.717, 1.165) is 31.6 Å². The number of benzene rings is 1. The Balaban J connectivity index is 0.00000101. The van der Waals surface area contributed by atoms with Gasteiger partial charge in [0.1, 0.15) is 6.67 Å². The molecular formula is C29H44N6O. The van der Waals surface area contributed by atoms with Crippen LogP contribution < -0.4 is 11.1 Å². The number of aliphatic imine (C=N–C) groups is 1. The Bertz CT molecular complexity index is 913. The molecule has 1 aromatic rings. The molecule has 7 nitrogen and oxygen atoms in total. The van der Waals surface area contributed by atoms with E-state index in [2.05, 4.69) is 88.3 Å². The third-order valence-electron chi connectivity index (χ3n) is 5.56. The van der Waals surface area contributed by atoms with Gasteiger partial charge in [-0.3, -0.25) is 10.0 Å². The molecule has 0 aromatic heterocycles. The van der Waals surface area contributed by atoms with Crippen molar-refractivity contribution in [1.82, 2.24) is 15.3 Å². The lowest BCUT2D eigenvalue weighted by atomic mass is 9.90. The lowest BCUT2D eigenvalue weighted by Crippen LogP contribution is -2.49. The molecular weight excluding hydrogens is 448 g/mol. The first-order valence-electron chi connectivity index (χ1n) is 12.5. The smallest absolute Gasteiger partial charge is 0.124 e. The second kappa shape index (κ2) is 18.1. The molecule has 7 heteroatoms. The zero-order valence-electron chi connectivity index (χ0n) is 22.2. The van der Waals surface area contributed by atoms with Crippen LogP contribution >= 0.6 is 0 Å². The van der Waals surface area contributed by atoms with Gasteiger partial charge in [0.2, 0.25) is 0 Å². The Morgan fingerprint density at radius 2 is 1.89 bits per heavy atom. The Hall–Kier alpha value is -3.26. The van der Waals surface area contributed by atoms with Gasteiger partial charge in [0.05, 0.1) is 13.2 Å². The molecule has 1 atom stereocenters. The summed E-state index contributed by atoms with van der Waals surface area (Å²) in [4.78, 5) is 4.47. The number of hydrogen-bond acceptors (Lipinski definition) is 7. The number of nitrogens with two attached hydrogens (primary N) is 1. The van der Waals surface area contributed by atoms with Gasteiger partial charge in [-0.05, 0) is 30.7 Å². The minimum Gasteiger partial charge on any atom is -0.379 e. The molecule has 3 aliphatic rings. The van der Waals surface area contributed by atoms with Crippen molar-refractivity contribution in [2.75, 3.05) is 40.0 Å². The van der Waals surface area contributed by atoms with Crippen molar-refractivity contribution >= 4 is 18.5 Å². The first-order valence-corrected chi connectivity index (χ1v) is 12.5. The number of ether oxygens (including phenoxy) is 1. The van der Waals surface area contributed by atoms with Gasteiger partial charge in [-0.1, -0.05) is 62.9 Å². The average molecular weight is 493 g/mol. The lowest BCUT2D eigenvalue weighted by Gasteiger charge is -2.41. The molecule has 0 spiro atoms. The molecule has 0 radical (unpaired) electrons. The summed E-state index contributed by atoms with van der Waals surface area (Å²) in [5.41, 5.74) is 10.5. The van der Waals surface area contributed by atoms with E-state index >= 15 is 0 Å². The molecule has 196 valence electrons. The van der Waals surface area contributed by atoms with Crippen molar-refractivity contribution in [2.45, 2.75) is 26.7 Å². The van der Waals surface area contributed by atoms with Gasteiger partial charge >= 0.3 is 0 Å². The maximum atomic E-state index is 7.30. The zero-order valence-corrected chi connectivity index (χ0v) is 22.2. The molecule has 1 aliphatic carbocycles. The summed E-state index contributed by atoms with van der Waals surface area (Å²) in [6.45, 7) is 17.7. The number of hydrazine groups is 1. The van der Waals surface area contributed by atoms with Crippen molar-refractivity contribution in [2.24, 2.45) is 16.6 Å². The zero-order chi connectivity index (χ0) is 26.8. The van der Waals surface area contributed by atoms with Gasteiger partial charge in [-0.25, -0.2) is 5.01 Å². The maximum absolute atomic E-state index is 7.30. The Kier molecular flexibility index (Phi) is 15.4. The summed E-state index contributed by atoms with van der Waals surface area (Å²) in [5, 5.41) is 15.3.